The Labute approximate surface area is 107 Å². The normalized spacial score (nSPS) is 12.2. The van der Waals surface area contributed by atoms with E-state index in [0.717, 1.165) is 17.7 Å². The van der Waals surface area contributed by atoms with E-state index in [1.54, 1.807) is 11.8 Å². The topological polar surface area (TPSA) is 52.3 Å². The average molecular weight is 253 g/mol. The van der Waals surface area contributed by atoms with Crippen molar-refractivity contribution in [1.29, 1.82) is 0 Å². The molecule has 2 N–H and O–H groups in total. The Bertz CT molecular complexity index is 349. The fourth-order valence-corrected chi connectivity index (χ4v) is 2.23. The molecule has 0 aliphatic carbocycles. The van der Waals surface area contributed by atoms with Crippen molar-refractivity contribution in [2.24, 2.45) is 5.73 Å². The van der Waals surface area contributed by atoms with Gasteiger partial charge in [-0.3, -0.25) is 4.79 Å². The second kappa shape index (κ2) is 7.35. The molecule has 0 heterocycles. The number of methoxy groups -OCH3 is 1. The lowest BCUT2D eigenvalue weighted by molar-refractivity contribution is -0.140. The van der Waals surface area contributed by atoms with Crippen molar-refractivity contribution in [1.82, 2.24) is 0 Å². The molecule has 1 aromatic rings. The smallest absolute Gasteiger partial charge is 0.305 e. The maximum atomic E-state index is 10.9. The molecule has 4 heteroatoms. The lowest BCUT2D eigenvalue weighted by Crippen LogP contribution is -2.04. The standard InChI is InChI=1S/C13H19NO2S/c1-10(14)11-5-7-12(8-6-11)17-9-3-4-13(15)16-2/h5-8,10H,3-4,9,14H2,1-2H3. The zero-order valence-electron chi connectivity index (χ0n) is 10.3. The number of ether oxygens (including phenoxy) is 1. The van der Waals surface area contributed by atoms with E-state index in [1.165, 1.54) is 12.0 Å². The highest BCUT2D eigenvalue weighted by molar-refractivity contribution is 7.99. The van der Waals surface area contributed by atoms with Gasteiger partial charge in [0.05, 0.1) is 7.11 Å². The highest BCUT2D eigenvalue weighted by Gasteiger charge is 2.01. The lowest BCUT2D eigenvalue weighted by Gasteiger charge is -2.06. The molecule has 1 aromatic carbocycles. The number of nitrogens with two attached hydrogens (primary N) is 1. The van der Waals surface area contributed by atoms with Crippen LogP contribution in [0, 0.1) is 0 Å². The Morgan fingerprint density at radius 1 is 1.41 bits per heavy atom. The van der Waals surface area contributed by atoms with E-state index in [-0.39, 0.29) is 12.0 Å². The van der Waals surface area contributed by atoms with Crippen LogP contribution in [0.5, 0.6) is 0 Å². The van der Waals surface area contributed by atoms with Gasteiger partial charge in [0.25, 0.3) is 0 Å². The Hall–Kier alpha value is -1.00. The molecule has 0 aliphatic heterocycles. The van der Waals surface area contributed by atoms with Gasteiger partial charge in [-0.25, -0.2) is 0 Å². The van der Waals surface area contributed by atoms with Gasteiger partial charge in [0.15, 0.2) is 0 Å². The molecule has 0 spiro atoms. The summed E-state index contributed by atoms with van der Waals surface area (Å²) >= 11 is 1.74. The van der Waals surface area contributed by atoms with E-state index in [0.29, 0.717) is 6.42 Å². The second-order valence-electron chi connectivity index (χ2n) is 3.89. The van der Waals surface area contributed by atoms with E-state index < -0.39 is 0 Å². The van der Waals surface area contributed by atoms with Crippen LogP contribution in [0.2, 0.25) is 0 Å². The van der Waals surface area contributed by atoms with Crippen LogP contribution in [0.25, 0.3) is 0 Å². The summed E-state index contributed by atoms with van der Waals surface area (Å²) in [5.74, 6) is 0.782. The Morgan fingerprint density at radius 3 is 2.59 bits per heavy atom. The number of esters is 1. The molecule has 1 unspecified atom stereocenters. The fraction of sp³-hybridized carbons (Fsp3) is 0.462. The van der Waals surface area contributed by atoms with Crippen LogP contribution in [0.15, 0.2) is 29.2 Å². The molecule has 3 nitrogen and oxygen atoms in total. The Morgan fingerprint density at radius 2 is 2.06 bits per heavy atom. The van der Waals surface area contributed by atoms with Gasteiger partial charge in [-0.05, 0) is 36.8 Å². The van der Waals surface area contributed by atoms with Gasteiger partial charge in [0.2, 0.25) is 0 Å². The van der Waals surface area contributed by atoms with E-state index in [9.17, 15) is 4.79 Å². The summed E-state index contributed by atoms with van der Waals surface area (Å²) in [7, 11) is 1.42. The Kier molecular flexibility index (Phi) is 6.08. The van der Waals surface area contributed by atoms with Crippen molar-refractivity contribution in [2.75, 3.05) is 12.9 Å². The minimum Gasteiger partial charge on any atom is -0.469 e. The first-order valence-corrected chi connectivity index (χ1v) is 6.67. The third kappa shape index (κ3) is 5.24. The van der Waals surface area contributed by atoms with Crippen LogP contribution in [-0.2, 0) is 9.53 Å². The molecule has 17 heavy (non-hydrogen) atoms. The van der Waals surface area contributed by atoms with Crippen molar-refractivity contribution in [3.05, 3.63) is 29.8 Å². The monoisotopic (exact) mass is 253 g/mol. The van der Waals surface area contributed by atoms with Crippen LogP contribution in [0.3, 0.4) is 0 Å². The van der Waals surface area contributed by atoms with Gasteiger partial charge in [0, 0.05) is 17.4 Å². The number of thioether (sulfide) groups is 1. The summed E-state index contributed by atoms with van der Waals surface area (Å²) in [6.07, 6.45) is 1.33. The van der Waals surface area contributed by atoms with Crippen LogP contribution >= 0.6 is 11.8 Å². The maximum absolute atomic E-state index is 10.9. The summed E-state index contributed by atoms with van der Waals surface area (Å²) in [5, 5.41) is 0. The van der Waals surface area contributed by atoms with Gasteiger partial charge in [-0.15, -0.1) is 11.8 Å². The summed E-state index contributed by atoms with van der Waals surface area (Å²) in [6.45, 7) is 1.97. The van der Waals surface area contributed by atoms with Crippen LogP contribution in [-0.4, -0.2) is 18.8 Å². The molecule has 1 rings (SSSR count). The van der Waals surface area contributed by atoms with E-state index >= 15 is 0 Å². The molecule has 0 aromatic heterocycles. The Balaban J connectivity index is 2.30. The second-order valence-corrected chi connectivity index (χ2v) is 5.05. The quantitative estimate of drug-likeness (QED) is 0.481. The number of hydrogen-bond donors (Lipinski definition) is 1. The van der Waals surface area contributed by atoms with Crippen molar-refractivity contribution in [2.45, 2.75) is 30.7 Å². The summed E-state index contributed by atoms with van der Waals surface area (Å²) in [4.78, 5) is 12.1. The number of rotatable bonds is 6. The first-order valence-electron chi connectivity index (χ1n) is 5.68. The molecule has 1 atom stereocenters. The van der Waals surface area contributed by atoms with Crippen LogP contribution in [0.4, 0.5) is 0 Å². The minimum atomic E-state index is -0.141. The van der Waals surface area contributed by atoms with Crippen molar-refractivity contribution >= 4 is 17.7 Å². The van der Waals surface area contributed by atoms with Crippen molar-refractivity contribution in [3.63, 3.8) is 0 Å². The van der Waals surface area contributed by atoms with E-state index in [4.69, 9.17) is 5.73 Å². The predicted molar refractivity (Wildman–Crippen MR) is 71.0 cm³/mol. The third-order valence-corrected chi connectivity index (χ3v) is 3.53. The van der Waals surface area contributed by atoms with E-state index in [2.05, 4.69) is 16.9 Å². The molecule has 0 radical (unpaired) electrons. The molecular weight excluding hydrogens is 234 g/mol. The minimum absolute atomic E-state index is 0.0772. The van der Waals surface area contributed by atoms with Gasteiger partial charge < -0.3 is 10.5 Å². The molecule has 0 bridgehead atoms. The highest BCUT2D eigenvalue weighted by atomic mass is 32.2. The molecule has 0 aliphatic rings. The van der Waals surface area contributed by atoms with Gasteiger partial charge >= 0.3 is 5.97 Å². The number of carbonyl (C=O) groups excluding carboxylic acids is 1. The molecule has 0 saturated carbocycles. The number of benzene rings is 1. The van der Waals surface area contributed by atoms with Crippen molar-refractivity contribution in [3.8, 4) is 0 Å². The lowest BCUT2D eigenvalue weighted by atomic mass is 10.1. The molecule has 94 valence electrons. The SMILES string of the molecule is COC(=O)CCCSc1ccc(C(C)N)cc1. The summed E-state index contributed by atoms with van der Waals surface area (Å²) in [5.41, 5.74) is 6.92. The first kappa shape index (κ1) is 14.1. The van der Waals surface area contributed by atoms with Gasteiger partial charge in [-0.2, -0.15) is 0 Å². The largest absolute Gasteiger partial charge is 0.469 e. The van der Waals surface area contributed by atoms with Gasteiger partial charge in [-0.1, -0.05) is 12.1 Å². The predicted octanol–water partition coefficient (Wildman–Crippen LogP) is 2.75. The highest BCUT2D eigenvalue weighted by Crippen LogP contribution is 2.21. The van der Waals surface area contributed by atoms with Crippen LogP contribution in [0.1, 0.15) is 31.4 Å². The fourth-order valence-electron chi connectivity index (χ4n) is 1.38. The first-order chi connectivity index (χ1) is 8.13. The van der Waals surface area contributed by atoms with E-state index in [1.807, 2.05) is 19.1 Å². The van der Waals surface area contributed by atoms with Crippen LogP contribution < -0.4 is 5.73 Å². The zero-order chi connectivity index (χ0) is 12.7. The summed E-state index contributed by atoms with van der Waals surface area (Å²) in [6, 6.07) is 8.32. The van der Waals surface area contributed by atoms with Crippen molar-refractivity contribution < 1.29 is 9.53 Å². The van der Waals surface area contributed by atoms with Gasteiger partial charge in [0.1, 0.15) is 0 Å². The average Bonchev–Trinajstić information content (AvgIpc) is 2.34. The molecular formula is C13H19NO2S. The zero-order valence-corrected chi connectivity index (χ0v) is 11.1. The third-order valence-electron chi connectivity index (χ3n) is 2.43. The number of carbonyl (C=O) groups is 1. The molecule has 0 fully saturated rings. The number of hydrogen-bond acceptors (Lipinski definition) is 4. The molecule has 0 amide bonds. The molecule has 0 saturated heterocycles. The summed E-state index contributed by atoms with van der Waals surface area (Å²) < 4.78 is 4.58. The maximum Gasteiger partial charge on any atom is 0.305 e.